The molecule has 4 aromatic rings. The van der Waals surface area contributed by atoms with Crippen molar-refractivity contribution in [3.8, 4) is 22.5 Å². The lowest BCUT2D eigenvalue weighted by molar-refractivity contribution is -0.115. The maximum atomic E-state index is 13.0. The van der Waals surface area contributed by atoms with E-state index in [-0.39, 0.29) is 11.2 Å². The number of nitrogens with one attached hydrogen (secondary N) is 2. The number of carbonyl (C=O) groups excluding carboxylic acids is 1. The first kappa shape index (κ1) is 22.2. The normalized spacial score (nSPS) is 11.8. The molecule has 162 valence electrons. The zero-order valence-electron chi connectivity index (χ0n) is 17.9. The Hall–Kier alpha value is -3.02. The van der Waals surface area contributed by atoms with Crippen LogP contribution in [0.1, 0.15) is 18.9 Å². The number of amides is 1. The van der Waals surface area contributed by atoms with Gasteiger partial charge in [0.1, 0.15) is 0 Å². The smallest absolute Gasteiger partial charge is 0.237 e. The van der Waals surface area contributed by atoms with E-state index >= 15 is 0 Å². The third-order valence-electron chi connectivity index (χ3n) is 5.17. The number of aromatic amines is 1. The predicted octanol–water partition coefficient (Wildman–Crippen LogP) is 7.21. The van der Waals surface area contributed by atoms with Crippen LogP contribution in [0.2, 0.25) is 5.02 Å². The largest absolute Gasteiger partial charge is 0.332 e. The van der Waals surface area contributed by atoms with Crippen LogP contribution in [0.5, 0.6) is 0 Å². The fourth-order valence-corrected chi connectivity index (χ4v) is 4.50. The quantitative estimate of drug-likeness (QED) is 0.286. The molecule has 4 rings (SSSR count). The second-order valence-electron chi connectivity index (χ2n) is 7.46. The summed E-state index contributed by atoms with van der Waals surface area (Å²) in [5, 5.41) is 4.03. The molecule has 1 amide bonds. The van der Waals surface area contributed by atoms with Crippen molar-refractivity contribution in [2.45, 2.75) is 30.7 Å². The summed E-state index contributed by atoms with van der Waals surface area (Å²) in [5.41, 5.74) is 5.61. The zero-order chi connectivity index (χ0) is 22.5. The minimum Gasteiger partial charge on any atom is -0.332 e. The van der Waals surface area contributed by atoms with Crippen molar-refractivity contribution in [1.82, 2.24) is 9.97 Å². The highest BCUT2D eigenvalue weighted by atomic mass is 35.5. The average molecular weight is 462 g/mol. The molecule has 0 fully saturated rings. The van der Waals surface area contributed by atoms with Crippen molar-refractivity contribution in [1.29, 1.82) is 0 Å². The molecule has 0 radical (unpaired) electrons. The first-order valence-electron chi connectivity index (χ1n) is 10.5. The van der Waals surface area contributed by atoms with E-state index in [1.54, 1.807) is 6.07 Å². The number of imidazole rings is 1. The number of H-pyrrole nitrogens is 1. The number of aryl methyl sites for hydroxylation is 1. The van der Waals surface area contributed by atoms with Crippen LogP contribution in [0.15, 0.2) is 84.0 Å². The minimum atomic E-state index is -0.299. The van der Waals surface area contributed by atoms with Gasteiger partial charge in [0, 0.05) is 21.8 Å². The highest BCUT2D eigenvalue weighted by Crippen LogP contribution is 2.34. The van der Waals surface area contributed by atoms with Gasteiger partial charge in [-0.2, -0.15) is 0 Å². The third kappa shape index (κ3) is 5.06. The lowest BCUT2D eigenvalue weighted by Crippen LogP contribution is -2.25. The first-order chi connectivity index (χ1) is 15.5. The molecule has 1 heterocycles. The maximum Gasteiger partial charge on any atom is 0.237 e. The number of rotatable bonds is 7. The van der Waals surface area contributed by atoms with Gasteiger partial charge in [-0.15, -0.1) is 0 Å². The van der Waals surface area contributed by atoms with Gasteiger partial charge in [0.25, 0.3) is 0 Å². The van der Waals surface area contributed by atoms with Crippen LogP contribution in [0.25, 0.3) is 22.5 Å². The minimum absolute atomic E-state index is 0.0678. The Morgan fingerprint density at radius 1 is 1.03 bits per heavy atom. The summed E-state index contributed by atoms with van der Waals surface area (Å²) >= 11 is 7.55. The molecule has 0 spiro atoms. The highest BCUT2D eigenvalue weighted by Gasteiger charge is 2.22. The Morgan fingerprint density at radius 2 is 1.69 bits per heavy atom. The van der Waals surface area contributed by atoms with E-state index in [2.05, 4.69) is 22.4 Å². The van der Waals surface area contributed by atoms with Crippen LogP contribution in [-0.2, 0) is 4.79 Å². The number of aromatic nitrogens is 2. The SMILES string of the molecule is CCC(Sc1nc(-c2ccccc2)c(-c2ccccc2)[nH]1)C(=O)Nc1cc(Cl)ccc1C. The number of carbonyl (C=O) groups is 1. The van der Waals surface area contributed by atoms with Crippen molar-refractivity contribution >= 4 is 35.0 Å². The summed E-state index contributed by atoms with van der Waals surface area (Å²) in [6.45, 7) is 3.95. The third-order valence-corrected chi connectivity index (χ3v) is 6.65. The molecule has 0 aliphatic heterocycles. The summed E-state index contributed by atoms with van der Waals surface area (Å²) in [6.07, 6.45) is 0.665. The van der Waals surface area contributed by atoms with Gasteiger partial charge in [0.15, 0.2) is 5.16 Å². The Balaban J connectivity index is 1.62. The van der Waals surface area contributed by atoms with Gasteiger partial charge in [0.2, 0.25) is 5.91 Å². The van der Waals surface area contributed by atoms with Crippen LogP contribution < -0.4 is 5.32 Å². The molecule has 6 heteroatoms. The molecular weight excluding hydrogens is 438 g/mol. The van der Waals surface area contributed by atoms with Gasteiger partial charge in [0.05, 0.1) is 16.6 Å². The number of anilines is 1. The van der Waals surface area contributed by atoms with E-state index < -0.39 is 0 Å². The van der Waals surface area contributed by atoms with Crippen LogP contribution in [0.3, 0.4) is 0 Å². The molecule has 2 N–H and O–H groups in total. The zero-order valence-corrected chi connectivity index (χ0v) is 19.5. The molecule has 1 aromatic heterocycles. The summed E-state index contributed by atoms with van der Waals surface area (Å²) in [7, 11) is 0. The molecule has 0 bridgehead atoms. The lowest BCUT2D eigenvalue weighted by Gasteiger charge is -2.15. The lowest BCUT2D eigenvalue weighted by atomic mass is 10.1. The van der Waals surface area contributed by atoms with Crippen LogP contribution in [0, 0.1) is 6.92 Å². The molecule has 0 aliphatic rings. The van der Waals surface area contributed by atoms with Crippen LogP contribution in [-0.4, -0.2) is 21.1 Å². The second-order valence-corrected chi connectivity index (χ2v) is 9.09. The molecule has 32 heavy (non-hydrogen) atoms. The summed E-state index contributed by atoms with van der Waals surface area (Å²) in [6, 6.07) is 25.7. The second kappa shape index (κ2) is 10.1. The molecular formula is C26H24ClN3OS. The van der Waals surface area contributed by atoms with E-state index in [1.165, 1.54) is 11.8 Å². The van der Waals surface area contributed by atoms with E-state index in [9.17, 15) is 4.79 Å². The van der Waals surface area contributed by atoms with Gasteiger partial charge in [-0.25, -0.2) is 4.98 Å². The number of halogens is 1. The molecule has 0 aliphatic carbocycles. The van der Waals surface area contributed by atoms with E-state index in [0.717, 1.165) is 33.8 Å². The summed E-state index contributed by atoms with van der Waals surface area (Å²) < 4.78 is 0. The fraction of sp³-hybridized carbons (Fsp3) is 0.154. The van der Waals surface area contributed by atoms with Crippen molar-refractivity contribution in [2.24, 2.45) is 0 Å². The van der Waals surface area contributed by atoms with Crippen molar-refractivity contribution in [3.63, 3.8) is 0 Å². The average Bonchev–Trinajstić information content (AvgIpc) is 3.25. The summed E-state index contributed by atoms with van der Waals surface area (Å²) in [5.74, 6) is -0.0678. The van der Waals surface area contributed by atoms with Crippen molar-refractivity contribution in [2.75, 3.05) is 5.32 Å². The number of thioether (sulfide) groups is 1. The number of hydrogen-bond donors (Lipinski definition) is 2. The molecule has 3 aromatic carbocycles. The molecule has 1 unspecified atom stereocenters. The van der Waals surface area contributed by atoms with Crippen LogP contribution >= 0.6 is 23.4 Å². The summed E-state index contributed by atoms with van der Waals surface area (Å²) in [4.78, 5) is 21.3. The molecule has 0 saturated carbocycles. The topological polar surface area (TPSA) is 57.8 Å². The van der Waals surface area contributed by atoms with Gasteiger partial charge >= 0.3 is 0 Å². The molecule has 4 nitrogen and oxygen atoms in total. The van der Waals surface area contributed by atoms with E-state index in [1.807, 2.05) is 74.5 Å². The Labute approximate surface area is 197 Å². The Morgan fingerprint density at radius 3 is 2.34 bits per heavy atom. The molecule has 0 saturated heterocycles. The van der Waals surface area contributed by atoms with Gasteiger partial charge in [-0.05, 0) is 31.0 Å². The Bertz CT molecular complexity index is 1150. The van der Waals surface area contributed by atoms with Gasteiger partial charge < -0.3 is 10.3 Å². The highest BCUT2D eigenvalue weighted by molar-refractivity contribution is 8.00. The van der Waals surface area contributed by atoms with E-state index in [4.69, 9.17) is 16.6 Å². The number of hydrogen-bond acceptors (Lipinski definition) is 3. The van der Waals surface area contributed by atoms with Crippen molar-refractivity contribution in [3.05, 3.63) is 89.4 Å². The van der Waals surface area contributed by atoms with Gasteiger partial charge in [-0.1, -0.05) is 97.0 Å². The number of nitrogens with zero attached hydrogens (tertiary/aromatic N) is 1. The predicted molar refractivity (Wildman–Crippen MR) is 134 cm³/mol. The fourth-order valence-electron chi connectivity index (χ4n) is 3.43. The number of benzene rings is 3. The molecule has 1 atom stereocenters. The van der Waals surface area contributed by atoms with Crippen molar-refractivity contribution < 1.29 is 4.79 Å². The van der Waals surface area contributed by atoms with E-state index in [0.29, 0.717) is 16.6 Å². The van der Waals surface area contributed by atoms with Gasteiger partial charge in [-0.3, -0.25) is 4.79 Å². The Kier molecular flexibility index (Phi) is 6.98. The first-order valence-corrected chi connectivity index (χ1v) is 11.8. The monoisotopic (exact) mass is 461 g/mol. The standard InChI is InChI=1S/C26H24ClN3OS/c1-3-22(25(31)28-21-16-20(27)15-14-17(21)2)32-26-29-23(18-10-6-4-7-11-18)24(30-26)19-12-8-5-9-13-19/h4-16,22H,3H2,1-2H3,(H,28,31)(H,29,30). The van der Waals surface area contributed by atoms with Crippen LogP contribution in [0.4, 0.5) is 5.69 Å². The maximum absolute atomic E-state index is 13.0.